The molecule has 0 unspecified atom stereocenters. The molecule has 0 bridgehead atoms. The standard InChI is InChI=1S/C12H15ClN2OS2/c1-7-8(2)18-12-10(7)11(13)14-9(15-12)6-17-5-3-4-16/h16H,3-6H2,1-2H3. The van der Waals surface area contributed by atoms with Crippen molar-refractivity contribution >= 4 is 44.9 Å². The summed E-state index contributed by atoms with van der Waals surface area (Å²) < 4.78 is 0. The molecule has 0 aliphatic heterocycles. The zero-order valence-corrected chi connectivity index (χ0v) is 12.8. The zero-order chi connectivity index (χ0) is 13.1. The molecule has 0 amide bonds. The first kappa shape index (κ1) is 14.1. The number of nitrogens with zero attached hydrogens (tertiary/aromatic N) is 2. The maximum Gasteiger partial charge on any atom is 0.141 e. The summed E-state index contributed by atoms with van der Waals surface area (Å²) in [5.74, 6) is 2.43. The van der Waals surface area contributed by atoms with Crippen LogP contribution in [0.4, 0.5) is 0 Å². The topological polar surface area (TPSA) is 46.0 Å². The Hall–Kier alpha value is -0.360. The number of aryl methyl sites for hydroxylation is 2. The minimum Gasteiger partial charge on any atom is -0.396 e. The molecule has 1 N–H and O–H groups in total. The molecule has 2 rings (SSSR count). The van der Waals surface area contributed by atoms with Gasteiger partial charge in [0.15, 0.2) is 0 Å². The highest BCUT2D eigenvalue weighted by Crippen LogP contribution is 2.33. The van der Waals surface area contributed by atoms with E-state index in [9.17, 15) is 0 Å². The Balaban J connectivity index is 2.21. The third-order valence-electron chi connectivity index (χ3n) is 2.71. The van der Waals surface area contributed by atoms with Gasteiger partial charge in [-0.1, -0.05) is 11.6 Å². The molecule has 0 aromatic carbocycles. The number of hydrogen-bond acceptors (Lipinski definition) is 5. The maximum atomic E-state index is 8.72. The molecule has 98 valence electrons. The Morgan fingerprint density at radius 3 is 2.83 bits per heavy atom. The fourth-order valence-corrected chi connectivity index (χ4v) is 3.86. The van der Waals surface area contributed by atoms with Crippen LogP contribution in [0.3, 0.4) is 0 Å². The minimum atomic E-state index is 0.233. The van der Waals surface area contributed by atoms with Gasteiger partial charge in [-0.25, -0.2) is 9.97 Å². The highest BCUT2D eigenvalue weighted by Gasteiger charge is 2.12. The van der Waals surface area contributed by atoms with E-state index in [1.54, 1.807) is 23.1 Å². The molecule has 0 saturated carbocycles. The van der Waals surface area contributed by atoms with Gasteiger partial charge in [-0.05, 0) is 31.6 Å². The largest absolute Gasteiger partial charge is 0.396 e. The number of aliphatic hydroxyl groups is 1. The van der Waals surface area contributed by atoms with Crippen molar-refractivity contribution in [3.63, 3.8) is 0 Å². The van der Waals surface area contributed by atoms with Crippen molar-refractivity contribution in [3.8, 4) is 0 Å². The fraction of sp³-hybridized carbons (Fsp3) is 0.500. The molecular formula is C12H15ClN2OS2. The molecule has 2 heterocycles. The van der Waals surface area contributed by atoms with Gasteiger partial charge in [0.05, 0.1) is 11.1 Å². The first-order valence-corrected chi connectivity index (χ1v) is 8.09. The molecule has 0 fully saturated rings. The summed E-state index contributed by atoms with van der Waals surface area (Å²) in [5, 5.41) is 10.3. The maximum absolute atomic E-state index is 8.72. The smallest absolute Gasteiger partial charge is 0.141 e. The van der Waals surface area contributed by atoms with Crippen molar-refractivity contribution in [3.05, 3.63) is 21.4 Å². The average Bonchev–Trinajstić information content (AvgIpc) is 2.61. The first-order chi connectivity index (χ1) is 8.63. The Bertz CT molecular complexity index is 556. The first-order valence-electron chi connectivity index (χ1n) is 5.74. The van der Waals surface area contributed by atoms with Gasteiger partial charge >= 0.3 is 0 Å². The van der Waals surface area contributed by atoms with Gasteiger partial charge < -0.3 is 5.11 Å². The Morgan fingerprint density at radius 2 is 2.11 bits per heavy atom. The van der Waals surface area contributed by atoms with Gasteiger partial charge in [-0.15, -0.1) is 11.3 Å². The van der Waals surface area contributed by atoms with Crippen LogP contribution in [0.1, 0.15) is 22.7 Å². The van der Waals surface area contributed by atoms with E-state index in [-0.39, 0.29) is 6.61 Å². The quantitative estimate of drug-likeness (QED) is 0.677. The van der Waals surface area contributed by atoms with E-state index >= 15 is 0 Å². The number of rotatable bonds is 5. The van der Waals surface area contributed by atoms with Crippen LogP contribution >= 0.6 is 34.7 Å². The summed E-state index contributed by atoms with van der Waals surface area (Å²) in [7, 11) is 0. The molecule has 6 heteroatoms. The van der Waals surface area contributed by atoms with Crippen LogP contribution in [0.2, 0.25) is 5.15 Å². The van der Waals surface area contributed by atoms with Gasteiger partial charge in [0.1, 0.15) is 15.8 Å². The van der Waals surface area contributed by atoms with Gasteiger partial charge in [-0.2, -0.15) is 11.8 Å². The Morgan fingerprint density at radius 1 is 1.33 bits per heavy atom. The zero-order valence-electron chi connectivity index (χ0n) is 10.4. The van der Waals surface area contributed by atoms with Crippen LogP contribution in [0, 0.1) is 13.8 Å². The van der Waals surface area contributed by atoms with E-state index in [1.807, 2.05) is 0 Å². The lowest BCUT2D eigenvalue weighted by Gasteiger charge is -2.02. The second-order valence-corrected chi connectivity index (χ2v) is 6.69. The molecule has 0 radical (unpaired) electrons. The third kappa shape index (κ3) is 2.96. The van der Waals surface area contributed by atoms with E-state index in [2.05, 4.69) is 23.8 Å². The lowest BCUT2D eigenvalue weighted by molar-refractivity contribution is 0.296. The number of hydrogen-bond donors (Lipinski definition) is 1. The van der Waals surface area contributed by atoms with Crippen molar-refractivity contribution in [1.29, 1.82) is 0 Å². The lowest BCUT2D eigenvalue weighted by atomic mass is 10.2. The SMILES string of the molecule is Cc1sc2nc(CSCCCO)nc(Cl)c2c1C. The summed E-state index contributed by atoms with van der Waals surface area (Å²) >= 11 is 9.61. The van der Waals surface area contributed by atoms with Crippen molar-refractivity contribution in [2.45, 2.75) is 26.0 Å². The van der Waals surface area contributed by atoms with Crippen LogP contribution in [0.5, 0.6) is 0 Å². The van der Waals surface area contributed by atoms with Crippen LogP contribution in [-0.4, -0.2) is 27.4 Å². The highest BCUT2D eigenvalue weighted by atomic mass is 35.5. The molecule has 0 atom stereocenters. The minimum absolute atomic E-state index is 0.233. The third-order valence-corrected chi connectivity index (χ3v) is 5.12. The van der Waals surface area contributed by atoms with Gasteiger partial charge in [0, 0.05) is 11.5 Å². The monoisotopic (exact) mass is 302 g/mol. The molecule has 0 spiro atoms. The molecule has 18 heavy (non-hydrogen) atoms. The second kappa shape index (κ2) is 6.19. The van der Waals surface area contributed by atoms with Gasteiger partial charge in [-0.3, -0.25) is 0 Å². The van der Waals surface area contributed by atoms with E-state index in [0.717, 1.165) is 34.0 Å². The summed E-state index contributed by atoms with van der Waals surface area (Å²) in [6.45, 7) is 4.36. The average molecular weight is 303 g/mol. The van der Waals surface area contributed by atoms with Crippen LogP contribution in [0.25, 0.3) is 10.2 Å². The summed E-state index contributed by atoms with van der Waals surface area (Å²) in [4.78, 5) is 11.1. The normalized spacial score (nSPS) is 11.3. The number of aromatic nitrogens is 2. The molecular weight excluding hydrogens is 288 g/mol. The number of aliphatic hydroxyl groups excluding tert-OH is 1. The molecule has 2 aromatic rings. The van der Waals surface area contributed by atoms with Crippen molar-refractivity contribution in [2.75, 3.05) is 12.4 Å². The molecule has 0 aliphatic rings. The molecule has 0 aliphatic carbocycles. The van der Waals surface area contributed by atoms with Crippen LogP contribution < -0.4 is 0 Å². The van der Waals surface area contributed by atoms with E-state index in [4.69, 9.17) is 16.7 Å². The molecule has 3 nitrogen and oxygen atoms in total. The Labute approximate surface area is 120 Å². The number of thioether (sulfide) groups is 1. The number of halogens is 1. The molecule has 0 saturated heterocycles. The second-order valence-electron chi connectivity index (χ2n) is 4.02. The highest BCUT2D eigenvalue weighted by molar-refractivity contribution is 7.98. The molecule has 2 aromatic heterocycles. The number of fused-ring (bicyclic) bond motifs is 1. The predicted octanol–water partition coefficient (Wildman–Crippen LogP) is 3.58. The van der Waals surface area contributed by atoms with Crippen molar-refractivity contribution in [2.24, 2.45) is 0 Å². The van der Waals surface area contributed by atoms with E-state index < -0.39 is 0 Å². The predicted molar refractivity (Wildman–Crippen MR) is 79.8 cm³/mol. The summed E-state index contributed by atoms with van der Waals surface area (Å²) in [6.07, 6.45) is 0.803. The van der Waals surface area contributed by atoms with Gasteiger partial charge in [0.25, 0.3) is 0 Å². The lowest BCUT2D eigenvalue weighted by Crippen LogP contribution is -1.95. The summed E-state index contributed by atoms with van der Waals surface area (Å²) in [6, 6.07) is 0. The fourth-order valence-electron chi connectivity index (χ4n) is 1.64. The summed E-state index contributed by atoms with van der Waals surface area (Å²) in [5.41, 5.74) is 1.18. The van der Waals surface area contributed by atoms with E-state index in [0.29, 0.717) is 5.15 Å². The number of thiophene rings is 1. The van der Waals surface area contributed by atoms with Crippen LogP contribution in [0.15, 0.2) is 0 Å². The Kier molecular flexibility index (Phi) is 4.84. The van der Waals surface area contributed by atoms with Gasteiger partial charge in [0.2, 0.25) is 0 Å². The van der Waals surface area contributed by atoms with Crippen molar-refractivity contribution in [1.82, 2.24) is 9.97 Å². The van der Waals surface area contributed by atoms with E-state index in [1.165, 1.54) is 10.4 Å². The van der Waals surface area contributed by atoms with Crippen molar-refractivity contribution < 1.29 is 5.11 Å². The van der Waals surface area contributed by atoms with Crippen LogP contribution in [-0.2, 0) is 5.75 Å².